The van der Waals surface area contributed by atoms with E-state index in [-0.39, 0.29) is 5.91 Å². The normalized spacial score (nSPS) is 10.4. The first-order chi connectivity index (χ1) is 9.74. The third-order valence-electron chi connectivity index (χ3n) is 2.98. The fourth-order valence-corrected chi connectivity index (χ4v) is 2.53. The van der Waals surface area contributed by atoms with Crippen LogP contribution >= 0.6 is 11.3 Å². The summed E-state index contributed by atoms with van der Waals surface area (Å²) in [6.45, 7) is 0.715. The molecule has 0 aliphatic rings. The second kappa shape index (κ2) is 7.65. The molecule has 5 heteroatoms. The summed E-state index contributed by atoms with van der Waals surface area (Å²) >= 11 is 1.41. The molecule has 0 bridgehead atoms. The molecule has 0 unspecified atom stereocenters. The number of hydrogen-bond donors (Lipinski definition) is 2. The maximum atomic E-state index is 11.7. The van der Waals surface area contributed by atoms with Gasteiger partial charge in [0.2, 0.25) is 5.91 Å². The van der Waals surface area contributed by atoms with Crippen molar-refractivity contribution in [2.24, 2.45) is 0 Å². The second-order valence-corrected chi connectivity index (χ2v) is 5.51. The number of nitrogen functional groups attached to an aromatic ring is 1. The first-order valence-electron chi connectivity index (χ1n) is 6.74. The van der Waals surface area contributed by atoms with Gasteiger partial charge in [-0.3, -0.25) is 4.79 Å². The Labute approximate surface area is 123 Å². The third kappa shape index (κ3) is 5.01. The minimum absolute atomic E-state index is 0.0737. The molecule has 3 N–H and O–H groups in total. The molecule has 1 aromatic carbocycles. The highest BCUT2D eigenvalue weighted by Crippen LogP contribution is 2.12. The highest BCUT2D eigenvalue weighted by Gasteiger charge is 2.04. The van der Waals surface area contributed by atoms with Gasteiger partial charge >= 0.3 is 0 Å². The fraction of sp³-hybridized carbons (Fsp3) is 0.333. The van der Waals surface area contributed by atoms with Gasteiger partial charge in [-0.25, -0.2) is 4.98 Å². The monoisotopic (exact) mass is 289 g/mol. The van der Waals surface area contributed by atoms with Gasteiger partial charge in [-0.2, -0.15) is 0 Å². The van der Waals surface area contributed by atoms with E-state index >= 15 is 0 Å². The quantitative estimate of drug-likeness (QED) is 0.769. The number of amides is 1. The topological polar surface area (TPSA) is 68.0 Å². The van der Waals surface area contributed by atoms with E-state index in [4.69, 9.17) is 5.73 Å². The van der Waals surface area contributed by atoms with Crippen LogP contribution in [0.2, 0.25) is 0 Å². The molecule has 0 radical (unpaired) electrons. The average molecular weight is 289 g/mol. The summed E-state index contributed by atoms with van der Waals surface area (Å²) in [6.07, 6.45) is 3.07. The number of aryl methyl sites for hydroxylation is 2. The van der Waals surface area contributed by atoms with E-state index in [1.54, 1.807) is 0 Å². The van der Waals surface area contributed by atoms with Crippen molar-refractivity contribution in [1.82, 2.24) is 10.3 Å². The summed E-state index contributed by atoms with van der Waals surface area (Å²) in [4.78, 5) is 15.8. The van der Waals surface area contributed by atoms with Crippen molar-refractivity contribution in [3.63, 3.8) is 0 Å². The number of nitrogens with zero attached hydrogens (tertiary/aromatic N) is 1. The molecule has 1 aromatic heterocycles. The Hall–Kier alpha value is -1.88. The number of nitrogens with one attached hydrogen (secondary N) is 1. The highest BCUT2D eigenvalue weighted by molar-refractivity contribution is 7.13. The molecular formula is C15H19N3OS. The fourth-order valence-electron chi connectivity index (χ4n) is 1.93. The second-order valence-electron chi connectivity index (χ2n) is 4.62. The lowest BCUT2D eigenvalue weighted by atomic mass is 10.1. The van der Waals surface area contributed by atoms with Crippen LogP contribution in [0.1, 0.15) is 24.1 Å². The van der Waals surface area contributed by atoms with Gasteiger partial charge < -0.3 is 11.1 Å². The molecule has 20 heavy (non-hydrogen) atoms. The van der Waals surface area contributed by atoms with Crippen molar-refractivity contribution in [2.45, 2.75) is 25.7 Å². The van der Waals surface area contributed by atoms with Gasteiger partial charge in [-0.05, 0) is 24.8 Å². The average Bonchev–Trinajstić information content (AvgIpc) is 2.88. The smallest absolute Gasteiger partial charge is 0.220 e. The van der Waals surface area contributed by atoms with E-state index in [2.05, 4.69) is 22.4 Å². The molecule has 0 fully saturated rings. The summed E-state index contributed by atoms with van der Waals surface area (Å²) in [6, 6.07) is 10.3. The van der Waals surface area contributed by atoms with Crippen molar-refractivity contribution >= 4 is 22.4 Å². The van der Waals surface area contributed by atoms with Crippen LogP contribution in [-0.4, -0.2) is 17.4 Å². The van der Waals surface area contributed by atoms with Gasteiger partial charge in [0.1, 0.15) is 0 Å². The molecule has 0 spiro atoms. The summed E-state index contributed by atoms with van der Waals surface area (Å²) in [5.41, 5.74) is 7.75. The first-order valence-corrected chi connectivity index (χ1v) is 7.62. The molecule has 0 saturated carbocycles. The van der Waals surface area contributed by atoms with E-state index in [1.165, 1.54) is 16.9 Å². The minimum Gasteiger partial charge on any atom is -0.375 e. The molecule has 0 atom stereocenters. The van der Waals surface area contributed by atoms with E-state index in [1.807, 2.05) is 23.6 Å². The van der Waals surface area contributed by atoms with Crippen LogP contribution in [0.4, 0.5) is 5.13 Å². The van der Waals surface area contributed by atoms with Crippen LogP contribution < -0.4 is 11.1 Å². The Balaban J connectivity index is 1.58. The summed E-state index contributed by atoms with van der Waals surface area (Å²) in [5, 5.41) is 5.39. The standard InChI is InChI=1S/C15H19N3OS/c16-15-18-13(11-20-15)8-9-14(19)17-10-4-7-12-5-2-1-3-6-12/h1-3,5-6,11H,4,7-10H2,(H2,16,18)(H,17,19). The van der Waals surface area contributed by atoms with E-state index in [0.717, 1.165) is 18.5 Å². The number of hydrogen-bond acceptors (Lipinski definition) is 4. The van der Waals surface area contributed by atoms with Crippen LogP contribution in [-0.2, 0) is 17.6 Å². The Kier molecular flexibility index (Phi) is 5.55. The number of anilines is 1. The number of carbonyl (C=O) groups is 1. The van der Waals surface area contributed by atoms with Crippen molar-refractivity contribution in [1.29, 1.82) is 0 Å². The number of aromatic nitrogens is 1. The Morgan fingerprint density at radius 2 is 2.05 bits per heavy atom. The number of nitrogens with two attached hydrogens (primary N) is 1. The van der Waals surface area contributed by atoms with Gasteiger partial charge in [0, 0.05) is 18.3 Å². The van der Waals surface area contributed by atoms with Gasteiger partial charge in [-0.15, -0.1) is 11.3 Å². The SMILES string of the molecule is Nc1nc(CCC(=O)NCCCc2ccccc2)cs1. The molecule has 1 amide bonds. The largest absolute Gasteiger partial charge is 0.375 e. The molecule has 2 aromatic rings. The summed E-state index contributed by atoms with van der Waals surface area (Å²) < 4.78 is 0. The number of carbonyl (C=O) groups excluding carboxylic acids is 1. The van der Waals surface area contributed by atoms with Gasteiger partial charge in [0.05, 0.1) is 5.69 Å². The third-order valence-corrected chi connectivity index (χ3v) is 3.71. The molecule has 106 valence electrons. The Morgan fingerprint density at radius 1 is 1.25 bits per heavy atom. The molecule has 1 heterocycles. The zero-order chi connectivity index (χ0) is 14.2. The van der Waals surface area contributed by atoms with Crippen LogP contribution in [0.3, 0.4) is 0 Å². The summed E-state index contributed by atoms with van der Waals surface area (Å²) in [7, 11) is 0. The molecule has 0 aliphatic heterocycles. The molecule has 4 nitrogen and oxygen atoms in total. The number of benzene rings is 1. The molecular weight excluding hydrogens is 270 g/mol. The van der Waals surface area contributed by atoms with Gasteiger partial charge in [0.15, 0.2) is 5.13 Å². The molecule has 0 saturated heterocycles. The minimum atomic E-state index is 0.0737. The Bertz CT molecular complexity index is 539. The maximum Gasteiger partial charge on any atom is 0.220 e. The number of rotatable bonds is 7. The Morgan fingerprint density at radius 3 is 2.75 bits per heavy atom. The van der Waals surface area contributed by atoms with Gasteiger partial charge in [0.25, 0.3) is 0 Å². The van der Waals surface area contributed by atoms with Crippen LogP contribution in [0.5, 0.6) is 0 Å². The predicted octanol–water partition coefficient (Wildman–Crippen LogP) is 2.41. The first kappa shape index (κ1) is 14.5. The van der Waals surface area contributed by atoms with Crippen molar-refractivity contribution in [2.75, 3.05) is 12.3 Å². The lowest BCUT2D eigenvalue weighted by Crippen LogP contribution is -2.25. The highest BCUT2D eigenvalue weighted by atomic mass is 32.1. The number of thiazole rings is 1. The molecule has 0 aliphatic carbocycles. The summed E-state index contributed by atoms with van der Waals surface area (Å²) in [5.74, 6) is 0.0737. The van der Waals surface area contributed by atoms with Crippen molar-refractivity contribution < 1.29 is 4.79 Å². The van der Waals surface area contributed by atoms with Crippen molar-refractivity contribution in [3.05, 3.63) is 47.0 Å². The van der Waals surface area contributed by atoms with Crippen LogP contribution in [0, 0.1) is 0 Å². The zero-order valence-electron chi connectivity index (χ0n) is 11.3. The zero-order valence-corrected chi connectivity index (χ0v) is 12.2. The van der Waals surface area contributed by atoms with Crippen LogP contribution in [0.25, 0.3) is 0 Å². The van der Waals surface area contributed by atoms with Crippen LogP contribution in [0.15, 0.2) is 35.7 Å². The molecule has 2 rings (SSSR count). The maximum absolute atomic E-state index is 11.7. The van der Waals surface area contributed by atoms with E-state index in [9.17, 15) is 4.79 Å². The van der Waals surface area contributed by atoms with E-state index in [0.29, 0.717) is 24.5 Å². The van der Waals surface area contributed by atoms with Crippen molar-refractivity contribution in [3.8, 4) is 0 Å². The predicted molar refractivity (Wildman–Crippen MR) is 82.6 cm³/mol. The van der Waals surface area contributed by atoms with E-state index < -0.39 is 0 Å². The lowest BCUT2D eigenvalue weighted by molar-refractivity contribution is -0.121. The lowest BCUT2D eigenvalue weighted by Gasteiger charge is -2.04. The van der Waals surface area contributed by atoms with Gasteiger partial charge in [-0.1, -0.05) is 30.3 Å².